The highest BCUT2D eigenvalue weighted by molar-refractivity contribution is 5.73. The van der Waals surface area contributed by atoms with Crippen LogP contribution in [-0.4, -0.2) is 24.7 Å². The van der Waals surface area contributed by atoms with E-state index in [-0.39, 0.29) is 18.6 Å². The van der Waals surface area contributed by atoms with Crippen molar-refractivity contribution in [3.05, 3.63) is 58.7 Å². The van der Waals surface area contributed by atoms with E-state index in [1.165, 1.54) is 17.1 Å². The van der Waals surface area contributed by atoms with Crippen molar-refractivity contribution in [2.24, 2.45) is 5.84 Å². The number of alkyl halides is 3. The van der Waals surface area contributed by atoms with E-state index < -0.39 is 30.2 Å². The highest BCUT2D eigenvalue weighted by atomic mass is 19.4. The minimum atomic E-state index is -4.59. The molecule has 0 radical (unpaired) electrons. The number of nitrogen functional groups attached to an aromatic ring is 1. The molecule has 0 bridgehead atoms. The lowest BCUT2D eigenvalue weighted by Crippen LogP contribution is -2.26. The van der Waals surface area contributed by atoms with E-state index in [2.05, 4.69) is 0 Å². The summed E-state index contributed by atoms with van der Waals surface area (Å²) >= 11 is 0. The molecule has 0 fully saturated rings. The first-order valence-corrected chi connectivity index (χ1v) is 8.92. The van der Waals surface area contributed by atoms with Crippen LogP contribution < -0.4 is 16.6 Å². The highest BCUT2D eigenvalue weighted by Gasteiger charge is 2.33. The summed E-state index contributed by atoms with van der Waals surface area (Å²) in [6.07, 6.45) is -4.69. The van der Waals surface area contributed by atoms with Gasteiger partial charge in [0.1, 0.15) is 0 Å². The number of aliphatic hydroxyl groups excluding tert-OH is 1. The van der Waals surface area contributed by atoms with Gasteiger partial charge in [-0.05, 0) is 41.8 Å². The molecule has 0 saturated carbocycles. The Kier molecular flexibility index (Phi) is 7.10. The van der Waals surface area contributed by atoms with E-state index in [1.54, 1.807) is 32.2 Å². The molecule has 0 aromatic heterocycles. The van der Waals surface area contributed by atoms with Crippen LogP contribution in [0.3, 0.4) is 0 Å². The largest absolute Gasteiger partial charge is 0.466 e. The molecule has 0 amide bonds. The van der Waals surface area contributed by atoms with Gasteiger partial charge in [-0.15, -0.1) is 0 Å². The fourth-order valence-electron chi connectivity index (χ4n) is 3.16. The SMILES string of the molecule is CCOC(=O)CC(c1ccc(N(C)N)c(N)c1)c1ccc(C(F)(F)F)c(CO)c1. The van der Waals surface area contributed by atoms with Crippen LogP contribution in [0.2, 0.25) is 0 Å². The number of nitrogens with two attached hydrogens (primary N) is 2. The molecular formula is C20H24F3N3O3. The standard InChI is InChI=1S/C20H24F3N3O3/c1-3-29-19(28)10-15(13-5-7-18(26(2)25)17(24)9-13)12-4-6-16(20(21,22)23)14(8-12)11-27/h4-9,15,27H,3,10-11,24-25H2,1-2H3. The molecule has 1 unspecified atom stereocenters. The van der Waals surface area contributed by atoms with Crippen molar-refractivity contribution in [3.63, 3.8) is 0 Å². The minimum Gasteiger partial charge on any atom is -0.466 e. The Bertz CT molecular complexity index is 870. The molecule has 0 aliphatic carbocycles. The van der Waals surface area contributed by atoms with Crippen LogP contribution in [0.4, 0.5) is 24.5 Å². The molecule has 0 spiro atoms. The van der Waals surface area contributed by atoms with Crippen molar-refractivity contribution in [1.82, 2.24) is 0 Å². The zero-order chi connectivity index (χ0) is 21.8. The Morgan fingerprint density at radius 2 is 1.83 bits per heavy atom. The Hall–Kier alpha value is -2.78. The Morgan fingerprint density at radius 3 is 2.34 bits per heavy atom. The normalized spacial score (nSPS) is 12.5. The van der Waals surface area contributed by atoms with Crippen LogP contribution in [0.1, 0.15) is 41.5 Å². The van der Waals surface area contributed by atoms with Gasteiger partial charge in [-0.3, -0.25) is 4.79 Å². The lowest BCUT2D eigenvalue weighted by molar-refractivity contribution is -0.143. The van der Waals surface area contributed by atoms with Crippen molar-refractivity contribution in [3.8, 4) is 0 Å². The number of carbonyl (C=O) groups excluding carboxylic acids is 1. The first kappa shape index (κ1) is 22.5. The number of benzene rings is 2. The zero-order valence-electron chi connectivity index (χ0n) is 16.2. The first-order chi connectivity index (χ1) is 13.6. The van der Waals surface area contributed by atoms with Gasteiger partial charge in [-0.25, -0.2) is 5.84 Å². The van der Waals surface area contributed by atoms with Crippen LogP contribution >= 0.6 is 0 Å². The molecule has 0 aliphatic heterocycles. The maximum Gasteiger partial charge on any atom is 0.416 e. The maximum atomic E-state index is 13.2. The predicted octanol–water partition coefficient (Wildman–Crippen LogP) is 3.17. The molecule has 6 nitrogen and oxygen atoms in total. The van der Waals surface area contributed by atoms with Crippen LogP contribution in [0.15, 0.2) is 36.4 Å². The molecular weight excluding hydrogens is 387 g/mol. The number of rotatable bonds is 7. The molecule has 0 aliphatic rings. The molecule has 158 valence electrons. The van der Waals surface area contributed by atoms with Gasteiger partial charge in [-0.2, -0.15) is 13.2 Å². The summed E-state index contributed by atoms with van der Waals surface area (Å²) in [7, 11) is 1.62. The van der Waals surface area contributed by atoms with E-state index in [9.17, 15) is 23.1 Å². The molecule has 1 atom stereocenters. The number of hydrogen-bond acceptors (Lipinski definition) is 6. The van der Waals surface area contributed by atoms with Crippen molar-refractivity contribution >= 4 is 17.3 Å². The molecule has 5 N–H and O–H groups in total. The van der Waals surface area contributed by atoms with Crippen molar-refractivity contribution in [2.45, 2.75) is 32.0 Å². The fourth-order valence-corrected chi connectivity index (χ4v) is 3.16. The van der Waals surface area contributed by atoms with Gasteiger partial charge in [0.15, 0.2) is 0 Å². The maximum absolute atomic E-state index is 13.2. The fraction of sp³-hybridized carbons (Fsp3) is 0.350. The summed E-state index contributed by atoms with van der Waals surface area (Å²) in [6.45, 7) is 1.06. The smallest absolute Gasteiger partial charge is 0.416 e. The third-order valence-corrected chi connectivity index (χ3v) is 4.52. The predicted molar refractivity (Wildman–Crippen MR) is 104 cm³/mol. The zero-order valence-corrected chi connectivity index (χ0v) is 16.2. The Labute approximate surface area is 166 Å². The summed E-state index contributed by atoms with van der Waals surface area (Å²) in [5, 5.41) is 10.8. The second-order valence-corrected chi connectivity index (χ2v) is 6.56. The van der Waals surface area contributed by atoms with Crippen LogP contribution in [0, 0.1) is 0 Å². The molecule has 2 rings (SSSR count). The number of carbonyl (C=O) groups is 1. The van der Waals surface area contributed by atoms with Crippen LogP contribution in [0.25, 0.3) is 0 Å². The van der Waals surface area contributed by atoms with Crippen molar-refractivity contribution in [1.29, 1.82) is 0 Å². The minimum absolute atomic E-state index is 0.0959. The summed E-state index contributed by atoms with van der Waals surface area (Å²) in [5.41, 5.74) is 6.82. The number of aliphatic hydroxyl groups is 1. The first-order valence-electron chi connectivity index (χ1n) is 8.92. The van der Waals surface area contributed by atoms with Crippen LogP contribution in [-0.2, 0) is 22.3 Å². The Balaban J connectivity index is 2.54. The number of nitrogens with zero attached hydrogens (tertiary/aromatic N) is 1. The van der Waals surface area contributed by atoms with E-state index in [4.69, 9.17) is 16.3 Å². The third kappa shape index (κ3) is 5.39. The topological polar surface area (TPSA) is 102 Å². The average Bonchev–Trinajstić information content (AvgIpc) is 2.64. The number of hydrogen-bond donors (Lipinski definition) is 3. The second kappa shape index (κ2) is 9.15. The van der Waals surface area contributed by atoms with Gasteiger partial charge in [0.05, 0.1) is 36.6 Å². The van der Waals surface area contributed by atoms with E-state index in [1.807, 2.05) is 0 Å². The molecule has 9 heteroatoms. The molecule has 0 heterocycles. The lowest BCUT2D eigenvalue weighted by Gasteiger charge is -2.22. The van der Waals surface area contributed by atoms with E-state index in [0.29, 0.717) is 22.5 Å². The summed E-state index contributed by atoms with van der Waals surface area (Å²) < 4.78 is 44.5. The van der Waals surface area contributed by atoms with Gasteiger partial charge in [0, 0.05) is 13.0 Å². The molecule has 29 heavy (non-hydrogen) atoms. The van der Waals surface area contributed by atoms with Crippen LogP contribution in [0.5, 0.6) is 0 Å². The molecule has 0 saturated heterocycles. The van der Waals surface area contributed by atoms with Gasteiger partial charge < -0.3 is 20.6 Å². The van der Waals surface area contributed by atoms with E-state index >= 15 is 0 Å². The van der Waals surface area contributed by atoms with Crippen molar-refractivity contribution < 1.29 is 27.8 Å². The van der Waals surface area contributed by atoms with E-state index in [0.717, 1.165) is 6.07 Å². The number of esters is 1. The highest BCUT2D eigenvalue weighted by Crippen LogP contribution is 2.37. The average molecular weight is 411 g/mol. The third-order valence-electron chi connectivity index (χ3n) is 4.52. The molecule has 2 aromatic rings. The lowest BCUT2D eigenvalue weighted by atomic mass is 9.86. The summed E-state index contributed by atoms with van der Waals surface area (Å²) in [4.78, 5) is 12.1. The number of hydrazine groups is 1. The Morgan fingerprint density at radius 1 is 1.21 bits per heavy atom. The molecule has 2 aromatic carbocycles. The number of halogens is 3. The second-order valence-electron chi connectivity index (χ2n) is 6.56. The number of anilines is 2. The van der Waals surface area contributed by atoms with Gasteiger partial charge in [0.25, 0.3) is 0 Å². The quantitative estimate of drug-likeness (QED) is 0.280. The van der Waals surface area contributed by atoms with Crippen molar-refractivity contribution in [2.75, 3.05) is 24.4 Å². The van der Waals surface area contributed by atoms with Gasteiger partial charge in [0.2, 0.25) is 0 Å². The van der Waals surface area contributed by atoms with Gasteiger partial charge >= 0.3 is 12.1 Å². The summed E-state index contributed by atoms with van der Waals surface area (Å²) in [5.74, 6) is 4.60. The summed E-state index contributed by atoms with van der Waals surface area (Å²) in [6, 6.07) is 8.45. The van der Waals surface area contributed by atoms with Gasteiger partial charge in [-0.1, -0.05) is 18.2 Å². The monoisotopic (exact) mass is 411 g/mol. The number of ether oxygens (including phenoxy) is 1.